The zero-order valence-corrected chi connectivity index (χ0v) is 8.09. The lowest BCUT2D eigenvalue weighted by Gasteiger charge is -2.14. The lowest BCUT2D eigenvalue weighted by atomic mass is 10.3. The van der Waals surface area contributed by atoms with E-state index in [-0.39, 0.29) is 11.9 Å². The molecule has 1 aromatic heterocycles. The molecule has 0 aliphatic carbocycles. The number of nitrogens with two attached hydrogens (primary N) is 1. The van der Waals surface area contributed by atoms with Crippen molar-refractivity contribution in [3.8, 4) is 0 Å². The van der Waals surface area contributed by atoms with Crippen molar-refractivity contribution < 1.29 is 9.59 Å². The number of amides is 1. The fraction of sp³-hybridized carbons (Fsp3) is 0.300. The van der Waals surface area contributed by atoms with Crippen molar-refractivity contribution in [3.63, 3.8) is 0 Å². The zero-order valence-electron chi connectivity index (χ0n) is 8.09. The Bertz CT molecular complexity index is 388. The molecule has 0 radical (unpaired) electrons. The van der Waals surface area contributed by atoms with E-state index >= 15 is 0 Å². The Balaban J connectivity index is 2.22. The van der Waals surface area contributed by atoms with Crippen LogP contribution in [0.5, 0.6) is 0 Å². The summed E-state index contributed by atoms with van der Waals surface area (Å²) in [6.07, 6.45) is 2.52. The van der Waals surface area contributed by atoms with Crippen molar-refractivity contribution in [3.05, 3.63) is 23.9 Å². The molecule has 0 bridgehead atoms. The fourth-order valence-electron chi connectivity index (χ4n) is 1.58. The van der Waals surface area contributed by atoms with E-state index in [4.69, 9.17) is 5.73 Å². The highest BCUT2D eigenvalue weighted by Gasteiger charge is 2.28. The van der Waals surface area contributed by atoms with E-state index in [1.54, 1.807) is 17.0 Å². The monoisotopic (exact) mass is 205 g/mol. The van der Waals surface area contributed by atoms with Gasteiger partial charge >= 0.3 is 0 Å². The van der Waals surface area contributed by atoms with E-state index in [0.29, 0.717) is 30.6 Å². The summed E-state index contributed by atoms with van der Waals surface area (Å²) in [6, 6.07) is 3.16. The highest BCUT2D eigenvalue weighted by atomic mass is 16.2. The second-order valence-electron chi connectivity index (χ2n) is 3.54. The first kappa shape index (κ1) is 9.79. The molecule has 1 unspecified atom stereocenters. The molecular formula is C10H11N3O2. The summed E-state index contributed by atoms with van der Waals surface area (Å²) in [5.41, 5.74) is 6.16. The van der Waals surface area contributed by atoms with Gasteiger partial charge in [-0.3, -0.25) is 14.5 Å². The quantitative estimate of drug-likeness (QED) is 0.687. The second-order valence-corrected chi connectivity index (χ2v) is 3.54. The number of carbonyl (C=O) groups is 2. The molecule has 0 spiro atoms. The molecule has 1 fully saturated rings. The van der Waals surface area contributed by atoms with Crippen LogP contribution in [0.1, 0.15) is 16.8 Å². The lowest BCUT2D eigenvalue weighted by Crippen LogP contribution is -2.28. The minimum Gasteiger partial charge on any atom is -0.326 e. The molecule has 15 heavy (non-hydrogen) atoms. The van der Waals surface area contributed by atoms with Gasteiger partial charge in [0.15, 0.2) is 6.29 Å². The van der Waals surface area contributed by atoms with Gasteiger partial charge < -0.3 is 5.73 Å². The van der Waals surface area contributed by atoms with E-state index in [0.717, 1.165) is 0 Å². The Morgan fingerprint density at radius 2 is 2.33 bits per heavy atom. The second kappa shape index (κ2) is 3.78. The molecule has 2 heterocycles. The lowest BCUT2D eigenvalue weighted by molar-refractivity contribution is -0.117. The standard InChI is InChI=1S/C10H11N3O2/c11-8-3-10(15)13(5-8)9-2-1-7(6-14)4-12-9/h1-2,4,6,8H,3,5,11H2. The number of carbonyl (C=O) groups excluding carboxylic acids is 2. The number of anilines is 1. The molecular weight excluding hydrogens is 194 g/mol. The van der Waals surface area contributed by atoms with Crippen LogP contribution in [0.4, 0.5) is 5.82 Å². The Hall–Kier alpha value is -1.75. The van der Waals surface area contributed by atoms with Crippen molar-refractivity contribution in [2.45, 2.75) is 12.5 Å². The molecule has 2 N–H and O–H groups in total. The maximum Gasteiger partial charge on any atom is 0.229 e. The van der Waals surface area contributed by atoms with Crippen LogP contribution >= 0.6 is 0 Å². The molecule has 5 heteroatoms. The van der Waals surface area contributed by atoms with Crippen molar-refractivity contribution in [2.24, 2.45) is 5.73 Å². The summed E-state index contributed by atoms with van der Waals surface area (Å²) in [5.74, 6) is 0.535. The number of pyridine rings is 1. The molecule has 0 aromatic carbocycles. The third-order valence-electron chi connectivity index (χ3n) is 2.34. The van der Waals surface area contributed by atoms with Gasteiger partial charge in [0.1, 0.15) is 5.82 Å². The molecule has 1 aliphatic heterocycles. The third kappa shape index (κ3) is 1.87. The molecule has 1 saturated heterocycles. The highest BCUT2D eigenvalue weighted by molar-refractivity contribution is 5.95. The van der Waals surface area contributed by atoms with Crippen LogP contribution in [0.3, 0.4) is 0 Å². The van der Waals surface area contributed by atoms with Gasteiger partial charge in [0.2, 0.25) is 5.91 Å². The van der Waals surface area contributed by atoms with Crippen LogP contribution in [0.2, 0.25) is 0 Å². The first-order chi connectivity index (χ1) is 7.20. The summed E-state index contributed by atoms with van der Waals surface area (Å²) < 4.78 is 0. The number of hydrogen-bond donors (Lipinski definition) is 1. The predicted octanol–water partition coefficient (Wildman–Crippen LogP) is -0.0419. The smallest absolute Gasteiger partial charge is 0.229 e. The first-order valence-electron chi connectivity index (χ1n) is 4.68. The Labute approximate surface area is 86.9 Å². The van der Waals surface area contributed by atoms with Crippen molar-refractivity contribution in [2.75, 3.05) is 11.4 Å². The molecule has 1 aromatic rings. The Kier molecular flexibility index (Phi) is 2.47. The molecule has 2 rings (SSSR count). The largest absolute Gasteiger partial charge is 0.326 e. The van der Waals surface area contributed by atoms with Crippen LogP contribution < -0.4 is 10.6 Å². The number of hydrogen-bond acceptors (Lipinski definition) is 4. The molecule has 1 atom stereocenters. The maximum atomic E-state index is 11.5. The summed E-state index contributed by atoms with van der Waals surface area (Å²) in [6.45, 7) is 0.492. The summed E-state index contributed by atoms with van der Waals surface area (Å²) in [5, 5.41) is 0. The Morgan fingerprint density at radius 1 is 1.53 bits per heavy atom. The summed E-state index contributed by atoms with van der Waals surface area (Å²) in [7, 11) is 0. The normalized spacial score (nSPS) is 20.7. The minimum atomic E-state index is -0.120. The number of rotatable bonds is 2. The summed E-state index contributed by atoms with van der Waals surface area (Å²) in [4.78, 5) is 27.5. The van der Waals surface area contributed by atoms with Gasteiger partial charge in [-0.25, -0.2) is 4.98 Å². The Morgan fingerprint density at radius 3 is 2.80 bits per heavy atom. The van der Waals surface area contributed by atoms with Gasteiger partial charge in [-0.15, -0.1) is 0 Å². The van der Waals surface area contributed by atoms with Crippen LogP contribution in [-0.2, 0) is 4.79 Å². The zero-order chi connectivity index (χ0) is 10.8. The van der Waals surface area contributed by atoms with Crippen molar-refractivity contribution >= 4 is 18.0 Å². The van der Waals surface area contributed by atoms with Crippen LogP contribution in [0, 0.1) is 0 Å². The molecule has 1 aliphatic rings. The average Bonchev–Trinajstić information content (AvgIpc) is 2.58. The van der Waals surface area contributed by atoms with E-state index in [1.165, 1.54) is 6.20 Å². The van der Waals surface area contributed by atoms with Gasteiger partial charge in [-0.1, -0.05) is 0 Å². The van der Waals surface area contributed by atoms with Gasteiger partial charge in [0, 0.05) is 30.8 Å². The van der Waals surface area contributed by atoms with Crippen molar-refractivity contribution in [1.82, 2.24) is 4.98 Å². The van der Waals surface area contributed by atoms with Gasteiger partial charge in [-0.05, 0) is 12.1 Å². The summed E-state index contributed by atoms with van der Waals surface area (Å²) >= 11 is 0. The van der Waals surface area contributed by atoms with E-state index in [1.807, 2.05) is 0 Å². The predicted molar refractivity (Wildman–Crippen MR) is 54.6 cm³/mol. The molecule has 78 valence electrons. The van der Waals surface area contributed by atoms with E-state index < -0.39 is 0 Å². The van der Waals surface area contributed by atoms with Crippen LogP contribution in [0.15, 0.2) is 18.3 Å². The first-order valence-corrected chi connectivity index (χ1v) is 4.68. The molecule has 0 saturated carbocycles. The van der Waals surface area contributed by atoms with Crippen molar-refractivity contribution in [1.29, 1.82) is 0 Å². The molecule has 1 amide bonds. The number of aromatic nitrogens is 1. The van der Waals surface area contributed by atoms with Gasteiger partial charge in [0.25, 0.3) is 0 Å². The third-order valence-corrected chi connectivity index (χ3v) is 2.34. The molecule has 5 nitrogen and oxygen atoms in total. The van der Waals surface area contributed by atoms with Gasteiger partial charge in [-0.2, -0.15) is 0 Å². The number of aldehydes is 1. The SMILES string of the molecule is NC1CC(=O)N(c2ccc(C=O)cn2)C1. The average molecular weight is 205 g/mol. The topological polar surface area (TPSA) is 76.3 Å². The van der Waals surface area contributed by atoms with Gasteiger partial charge in [0.05, 0.1) is 0 Å². The maximum absolute atomic E-state index is 11.5. The van der Waals surface area contributed by atoms with Crippen LogP contribution in [-0.4, -0.2) is 29.8 Å². The minimum absolute atomic E-state index is 0.0196. The number of nitrogens with zero attached hydrogens (tertiary/aromatic N) is 2. The van der Waals surface area contributed by atoms with E-state index in [9.17, 15) is 9.59 Å². The fourth-order valence-corrected chi connectivity index (χ4v) is 1.58. The van der Waals surface area contributed by atoms with Crippen LogP contribution in [0.25, 0.3) is 0 Å². The highest BCUT2D eigenvalue weighted by Crippen LogP contribution is 2.18. The van der Waals surface area contributed by atoms with E-state index in [2.05, 4.69) is 4.98 Å².